The van der Waals surface area contributed by atoms with Crippen LogP contribution in [0.1, 0.15) is 30.9 Å². The summed E-state index contributed by atoms with van der Waals surface area (Å²) in [5.41, 5.74) is -0.532. The lowest BCUT2D eigenvalue weighted by Crippen LogP contribution is -2.30. The van der Waals surface area contributed by atoms with Crippen LogP contribution in [0, 0.1) is 17.2 Å². The fourth-order valence-corrected chi connectivity index (χ4v) is 2.22. The lowest BCUT2D eigenvalue weighted by atomic mass is 10.1. The number of rotatable bonds is 3. The van der Waals surface area contributed by atoms with E-state index < -0.39 is 11.7 Å². The van der Waals surface area contributed by atoms with Gasteiger partial charge in [-0.1, -0.05) is 0 Å². The van der Waals surface area contributed by atoms with E-state index >= 15 is 0 Å². The molecule has 1 saturated carbocycles. The van der Waals surface area contributed by atoms with E-state index in [1.54, 1.807) is 6.07 Å². The van der Waals surface area contributed by atoms with Crippen molar-refractivity contribution in [1.82, 2.24) is 0 Å². The third kappa shape index (κ3) is 2.83. The predicted molar refractivity (Wildman–Crippen MR) is 66.7 cm³/mol. The molecule has 0 saturated heterocycles. The Balaban J connectivity index is 2.31. The van der Waals surface area contributed by atoms with Gasteiger partial charge in [-0.05, 0) is 43.9 Å². The van der Waals surface area contributed by atoms with Crippen LogP contribution in [-0.4, -0.2) is 13.1 Å². The minimum absolute atomic E-state index is 0.281. The Morgan fingerprint density at radius 3 is 2.47 bits per heavy atom. The van der Waals surface area contributed by atoms with Crippen LogP contribution in [0.3, 0.4) is 0 Å². The molecule has 1 unspecified atom stereocenters. The van der Waals surface area contributed by atoms with Crippen LogP contribution in [0.5, 0.6) is 0 Å². The minimum Gasteiger partial charge on any atom is -0.372 e. The molecule has 1 aliphatic rings. The van der Waals surface area contributed by atoms with Crippen molar-refractivity contribution >= 4 is 5.69 Å². The summed E-state index contributed by atoms with van der Waals surface area (Å²) in [6.45, 7) is 2.06. The molecule has 0 aromatic heterocycles. The number of anilines is 1. The number of nitrogens with zero attached hydrogens (tertiary/aromatic N) is 2. The molecule has 1 atom stereocenters. The van der Waals surface area contributed by atoms with Crippen molar-refractivity contribution in [1.29, 1.82) is 5.26 Å². The molecule has 102 valence electrons. The SMILES string of the molecule is CC(C1CC1)N(C)c1ccc(C(F)(F)F)c(C#N)c1. The Hall–Kier alpha value is -1.70. The van der Waals surface area contributed by atoms with Crippen LogP contribution in [0.2, 0.25) is 0 Å². The number of alkyl halides is 3. The van der Waals surface area contributed by atoms with Crippen molar-refractivity contribution in [3.63, 3.8) is 0 Å². The number of nitriles is 1. The van der Waals surface area contributed by atoms with E-state index in [1.807, 2.05) is 11.9 Å². The topological polar surface area (TPSA) is 27.0 Å². The summed E-state index contributed by atoms with van der Waals surface area (Å²) >= 11 is 0. The van der Waals surface area contributed by atoms with Gasteiger partial charge in [0.15, 0.2) is 0 Å². The molecule has 0 spiro atoms. The van der Waals surface area contributed by atoms with E-state index in [2.05, 4.69) is 6.92 Å². The van der Waals surface area contributed by atoms with Gasteiger partial charge in [0.25, 0.3) is 0 Å². The molecule has 2 nitrogen and oxygen atoms in total. The fourth-order valence-electron chi connectivity index (χ4n) is 2.22. The fraction of sp³-hybridized carbons (Fsp3) is 0.500. The largest absolute Gasteiger partial charge is 0.417 e. The first-order valence-corrected chi connectivity index (χ1v) is 6.18. The molecular weight excluding hydrogens is 253 g/mol. The van der Waals surface area contributed by atoms with Gasteiger partial charge in [0.05, 0.1) is 17.2 Å². The van der Waals surface area contributed by atoms with Crippen LogP contribution in [0.15, 0.2) is 18.2 Å². The summed E-state index contributed by atoms with van der Waals surface area (Å²) in [7, 11) is 1.85. The van der Waals surface area contributed by atoms with E-state index in [0.717, 1.165) is 18.9 Å². The quantitative estimate of drug-likeness (QED) is 0.833. The lowest BCUT2D eigenvalue weighted by Gasteiger charge is -2.27. The number of hydrogen-bond donors (Lipinski definition) is 0. The molecule has 0 heterocycles. The van der Waals surface area contributed by atoms with Crippen molar-refractivity contribution in [3.8, 4) is 6.07 Å². The highest BCUT2D eigenvalue weighted by Crippen LogP contribution is 2.38. The van der Waals surface area contributed by atoms with Crippen LogP contribution in [0.25, 0.3) is 0 Å². The summed E-state index contributed by atoms with van der Waals surface area (Å²) in [5.74, 6) is 0.609. The molecule has 1 fully saturated rings. The van der Waals surface area contributed by atoms with Gasteiger partial charge in [0.1, 0.15) is 0 Å². The molecule has 0 radical (unpaired) electrons. The second-order valence-corrected chi connectivity index (χ2v) is 5.03. The van der Waals surface area contributed by atoms with Gasteiger partial charge < -0.3 is 4.90 Å². The molecule has 5 heteroatoms. The smallest absolute Gasteiger partial charge is 0.372 e. The zero-order valence-electron chi connectivity index (χ0n) is 10.8. The van der Waals surface area contributed by atoms with E-state index in [4.69, 9.17) is 5.26 Å². The summed E-state index contributed by atoms with van der Waals surface area (Å²) in [6.07, 6.45) is -2.15. The van der Waals surface area contributed by atoms with E-state index in [-0.39, 0.29) is 11.6 Å². The predicted octanol–water partition coefficient (Wildman–Crippen LogP) is 3.81. The van der Waals surface area contributed by atoms with Crippen LogP contribution in [0.4, 0.5) is 18.9 Å². The number of benzene rings is 1. The van der Waals surface area contributed by atoms with Gasteiger partial charge in [0, 0.05) is 18.8 Å². The first kappa shape index (κ1) is 13.7. The molecule has 1 aromatic rings. The number of hydrogen-bond acceptors (Lipinski definition) is 2. The summed E-state index contributed by atoms with van der Waals surface area (Å²) in [5, 5.41) is 8.88. The van der Waals surface area contributed by atoms with Gasteiger partial charge >= 0.3 is 6.18 Å². The second kappa shape index (κ2) is 4.76. The molecule has 0 bridgehead atoms. The maximum Gasteiger partial charge on any atom is 0.417 e. The van der Waals surface area contributed by atoms with Gasteiger partial charge in [-0.25, -0.2) is 0 Å². The summed E-state index contributed by atoms with van der Waals surface area (Å²) < 4.78 is 38.1. The zero-order chi connectivity index (χ0) is 14.2. The van der Waals surface area contributed by atoms with E-state index in [0.29, 0.717) is 11.6 Å². The average Bonchev–Trinajstić information content (AvgIpc) is 3.19. The van der Waals surface area contributed by atoms with Crippen molar-refractivity contribution in [3.05, 3.63) is 29.3 Å². The monoisotopic (exact) mass is 268 g/mol. The Kier molecular flexibility index (Phi) is 3.44. The highest BCUT2D eigenvalue weighted by atomic mass is 19.4. The highest BCUT2D eigenvalue weighted by Gasteiger charge is 2.35. The molecule has 1 aromatic carbocycles. The van der Waals surface area contributed by atoms with Crippen molar-refractivity contribution in [2.24, 2.45) is 5.92 Å². The maximum atomic E-state index is 12.7. The lowest BCUT2D eigenvalue weighted by molar-refractivity contribution is -0.137. The minimum atomic E-state index is -4.48. The van der Waals surface area contributed by atoms with Crippen LogP contribution >= 0.6 is 0 Å². The van der Waals surface area contributed by atoms with E-state index in [9.17, 15) is 13.2 Å². The Morgan fingerprint density at radius 2 is 2.00 bits per heavy atom. The second-order valence-electron chi connectivity index (χ2n) is 5.03. The molecule has 0 N–H and O–H groups in total. The third-order valence-corrected chi connectivity index (χ3v) is 3.75. The van der Waals surface area contributed by atoms with Crippen LogP contribution < -0.4 is 4.90 Å². The molecule has 1 aliphatic carbocycles. The maximum absolute atomic E-state index is 12.7. The number of halogens is 3. The first-order chi connectivity index (χ1) is 8.84. The normalized spacial score (nSPS) is 16.8. The Morgan fingerprint density at radius 1 is 1.37 bits per heavy atom. The average molecular weight is 268 g/mol. The van der Waals surface area contributed by atoms with Gasteiger partial charge in [-0.15, -0.1) is 0 Å². The van der Waals surface area contributed by atoms with Crippen molar-refractivity contribution < 1.29 is 13.2 Å². The molecule has 2 rings (SSSR count). The Bertz CT molecular complexity index is 512. The standard InChI is InChI=1S/C14H15F3N2/c1-9(10-3-4-10)19(2)12-5-6-13(14(15,16)17)11(7-12)8-18/h5-7,9-10H,3-4H2,1-2H3. The molecular formula is C14H15F3N2. The first-order valence-electron chi connectivity index (χ1n) is 6.18. The summed E-state index contributed by atoms with van der Waals surface area (Å²) in [4.78, 5) is 1.94. The Labute approximate surface area is 110 Å². The third-order valence-electron chi connectivity index (χ3n) is 3.75. The summed E-state index contributed by atoms with van der Waals surface area (Å²) in [6, 6.07) is 5.66. The van der Waals surface area contributed by atoms with Gasteiger partial charge in [-0.3, -0.25) is 0 Å². The molecule has 0 amide bonds. The van der Waals surface area contributed by atoms with Gasteiger partial charge in [0.2, 0.25) is 0 Å². The zero-order valence-corrected chi connectivity index (χ0v) is 10.8. The molecule has 0 aliphatic heterocycles. The van der Waals surface area contributed by atoms with Crippen molar-refractivity contribution in [2.45, 2.75) is 32.0 Å². The molecule has 19 heavy (non-hydrogen) atoms. The highest BCUT2D eigenvalue weighted by molar-refractivity contribution is 5.55. The van der Waals surface area contributed by atoms with E-state index in [1.165, 1.54) is 12.1 Å². The van der Waals surface area contributed by atoms with Crippen molar-refractivity contribution in [2.75, 3.05) is 11.9 Å². The van der Waals surface area contributed by atoms with Crippen LogP contribution in [-0.2, 0) is 6.18 Å². The van der Waals surface area contributed by atoms with Gasteiger partial charge in [-0.2, -0.15) is 18.4 Å².